The van der Waals surface area contributed by atoms with E-state index in [4.69, 9.17) is 14.2 Å². The number of anilines is 1. The molecule has 1 aromatic rings. The SMILES string of the molecule is CCOC(=O)/C=C1\SCC(=O)N1CC(=O)Nc1cc(S(=O)(=O)N2CCOCC2)ccc1OC. The number of hydrogen-bond donors (Lipinski definition) is 1. The van der Waals surface area contributed by atoms with Crippen molar-refractivity contribution in [3.63, 3.8) is 0 Å². The van der Waals surface area contributed by atoms with E-state index >= 15 is 0 Å². The molecule has 1 N–H and O–H groups in total. The molecule has 2 heterocycles. The van der Waals surface area contributed by atoms with Crippen LogP contribution in [-0.4, -0.2) is 87.7 Å². The molecule has 2 aliphatic rings. The molecule has 3 rings (SSSR count). The lowest BCUT2D eigenvalue weighted by atomic mass is 10.3. The molecule has 0 saturated carbocycles. The molecule has 2 amide bonds. The van der Waals surface area contributed by atoms with Crippen molar-refractivity contribution >= 4 is 45.3 Å². The van der Waals surface area contributed by atoms with E-state index in [0.717, 1.165) is 11.8 Å². The molecule has 2 saturated heterocycles. The minimum Gasteiger partial charge on any atom is -0.495 e. The molecule has 0 atom stereocenters. The monoisotopic (exact) mass is 499 g/mol. The number of amides is 2. The molecule has 0 unspecified atom stereocenters. The zero-order valence-corrected chi connectivity index (χ0v) is 19.9. The highest BCUT2D eigenvalue weighted by Gasteiger charge is 2.30. The largest absolute Gasteiger partial charge is 0.495 e. The number of nitrogens with zero attached hydrogens (tertiary/aromatic N) is 2. The van der Waals surface area contributed by atoms with Crippen molar-refractivity contribution in [2.75, 3.05) is 57.6 Å². The van der Waals surface area contributed by atoms with Crippen LogP contribution >= 0.6 is 11.8 Å². The lowest BCUT2D eigenvalue weighted by Gasteiger charge is -2.26. The molecule has 33 heavy (non-hydrogen) atoms. The molecule has 0 aromatic heterocycles. The van der Waals surface area contributed by atoms with Crippen LogP contribution in [0.25, 0.3) is 0 Å². The number of sulfonamides is 1. The van der Waals surface area contributed by atoms with E-state index < -0.39 is 21.9 Å². The fourth-order valence-electron chi connectivity index (χ4n) is 3.20. The van der Waals surface area contributed by atoms with Crippen LogP contribution in [0.5, 0.6) is 5.75 Å². The zero-order chi connectivity index (χ0) is 24.0. The van der Waals surface area contributed by atoms with Crippen LogP contribution in [0.15, 0.2) is 34.2 Å². The second-order valence-electron chi connectivity index (χ2n) is 6.93. The predicted octanol–water partition coefficient (Wildman–Crippen LogP) is 0.635. The maximum Gasteiger partial charge on any atom is 0.333 e. The fourth-order valence-corrected chi connectivity index (χ4v) is 5.56. The Hall–Kier alpha value is -2.61. The summed E-state index contributed by atoms with van der Waals surface area (Å²) in [7, 11) is -2.40. The number of esters is 1. The van der Waals surface area contributed by atoms with Gasteiger partial charge in [0.15, 0.2) is 0 Å². The minimum atomic E-state index is -3.79. The van der Waals surface area contributed by atoms with Crippen molar-refractivity contribution in [2.24, 2.45) is 0 Å². The Morgan fingerprint density at radius 1 is 1.27 bits per heavy atom. The molecule has 1 aromatic carbocycles. The molecule has 0 spiro atoms. The van der Waals surface area contributed by atoms with E-state index in [0.29, 0.717) is 18.2 Å². The van der Waals surface area contributed by atoms with Gasteiger partial charge in [-0.1, -0.05) is 11.8 Å². The highest BCUT2D eigenvalue weighted by molar-refractivity contribution is 8.04. The lowest BCUT2D eigenvalue weighted by Crippen LogP contribution is -2.40. The Bertz CT molecular complexity index is 1050. The van der Waals surface area contributed by atoms with Crippen molar-refractivity contribution in [3.8, 4) is 5.75 Å². The first-order valence-electron chi connectivity index (χ1n) is 10.1. The summed E-state index contributed by atoms with van der Waals surface area (Å²) in [6.07, 6.45) is 1.17. The molecule has 0 radical (unpaired) electrons. The predicted molar refractivity (Wildman–Crippen MR) is 120 cm³/mol. The Balaban J connectivity index is 1.77. The van der Waals surface area contributed by atoms with Gasteiger partial charge < -0.3 is 19.5 Å². The molecular weight excluding hydrogens is 474 g/mol. The minimum absolute atomic E-state index is 0.00352. The molecule has 2 aliphatic heterocycles. The molecule has 2 fully saturated rings. The van der Waals surface area contributed by atoms with Crippen LogP contribution in [0.2, 0.25) is 0 Å². The van der Waals surface area contributed by atoms with Crippen LogP contribution < -0.4 is 10.1 Å². The molecule has 180 valence electrons. The first-order chi connectivity index (χ1) is 15.8. The number of carbonyl (C=O) groups is 3. The topological polar surface area (TPSA) is 132 Å². The maximum atomic E-state index is 13.0. The second-order valence-corrected chi connectivity index (χ2v) is 9.86. The van der Waals surface area contributed by atoms with Gasteiger partial charge in [0.2, 0.25) is 21.8 Å². The van der Waals surface area contributed by atoms with Crippen LogP contribution in [-0.2, 0) is 33.9 Å². The highest BCUT2D eigenvalue weighted by atomic mass is 32.2. The summed E-state index contributed by atoms with van der Waals surface area (Å²) in [5.41, 5.74) is 0.145. The number of nitrogens with one attached hydrogen (secondary N) is 1. The number of hydrogen-bond acceptors (Lipinski definition) is 9. The van der Waals surface area contributed by atoms with Gasteiger partial charge in [-0.3, -0.25) is 14.5 Å². The summed E-state index contributed by atoms with van der Waals surface area (Å²) >= 11 is 1.13. The van der Waals surface area contributed by atoms with Gasteiger partial charge in [0.05, 0.1) is 54.4 Å². The van der Waals surface area contributed by atoms with Crippen molar-refractivity contribution < 1.29 is 37.0 Å². The Kier molecular flexibility index (Phi) is 8.35. The zero-order valence-electron chi connectivity index (χ0n) is 18.2. The summed E-state index contributed by atoms with van der Waals surface area (Å²) in [6, 6.07) is 4.17. The van der Waals surface area contributed by atoms with Gasteiger partial charge in [-0.05, 0) is 25.1 Å². The van der Waals surface area contributed by atoms with Crippen molar-refractivity contribution in [3.05, 3.63) is 29.3 Å². The van der Waals surface area contributed by atoms with Crippen molar-refractivity contribution in [2.45, 2.75) is 11.8 Å². The van der Waals surface area contributed by atoms with Gasteiger partial charge in [-0.15, -0.1) is 0 Å². The third-order valence-electron chi connectivity index (χ3n) is 4.79. The van der Waals surface area contributed by atoms with Crippen LogP contribution in [0, 0.1) is 0 Å². The van der Waals surface area contributed by atoms with E-state index in [1.165, 1.54) is 40.6 Å². The number of benzene rings is 1. The van der Waals surface area contributed by atoms with Crippen LogP contribution in [0.4, 0.5) is 5.69 Å². The second kappa shape index (κ2) is 11.0. The fraction of sp³-hybridized carbons (Fsp3) is 0.450. The smallest absolute Gasteiger partial charge is 0.333 e. The molecule has 13 heteroatoms. The molecular formula is C20H25N3O8S2. The van der Waals surface area contributed by atoms with Crippen LogP contribution in [0.1, 0.15) is 6.92 Å². The van der Waals surface area contributed by atoms with Gasteiger partial charge in [-0.2, -0.15) is 4.31 Å². The number of rotatable bonds is 8. The number of methoxy groups -OCH3 is 1. The van der Waals surface area contributed by atoms with Crippen molar-refractivity contribution in [1.29, 1.82) is 0 Å². The molecule has 0 aliphatic carbocycles. The van der Waals surface area contributed by atoms with Gasteiger partial charge in [0, 0.05) is 13.1 Å². The number of carbonyl (C=O) groups excluding carboxylic acids is 3. The normalized spacial score (nSPS) is 18.4. The number of thioether (sulfide) groups is 1. The maximum absolute atomic E-state index is 13.0. The average molecular weight is 500 g/mol. The van der Waals surface area contributed by atoms with E-state index in [2.05, 4.69) is 5.32 Å². The average Bonchev–Trinajstić information content (AvgIpc) is 3.13. The van der Waals surface area contributed by atoms with Gasteiger partial charge >= 0.3 is 5.97 Å². The molecule has 11 nitrogen and oxygen atoms in total. The first-order valence-corrected chi connectivity index (χ1v) is 12.6. The number of morpholine rings is 1. The van der Waals surface area contributed by atoms with Crippen LogP contribution in [0.3, 0.4) is 0 Å². The van der Waals surface area contributed by atoms with Gasteiger partial charge in [0.25, 0.3) is 0 Å². The van der Waals surface area contributed by atoms with Crippen molar-refractivity contribution in [1.82, 2.24) is 9.21 Å². The van der Waals surface area contributed by atoms with E-state index in [1.54, 1.807) is 6.92 Å². The van der Waals surface area contributed by atoms with E-state index in [-0.39, 0.29) is 54.2 Å². The Labute approximate surface area is 196 Å². The third-order valence-corrected chi connectivity index (χ3v) is 7.71. The summed E-state index contributed by atoms with van der Waals surface area (Å²) in [5, 5.41) is 2.91. The summed E-state index contributed by atoms with van der Waals surface area (Å²) < 4.78 is 42.5. The van der Waals surface area contributed by atoms with Gasteiger partial charge in [0.1, 0.15) is 12.3 Å². The van der Waals surface area contributed by atoms with E-state index in [1.807, 2.05) is 0 Å². The summed E-state index contributed by atoms with van der Waals surface area (Å²) in [4.78, 5) is 37.8. The molecule has 0 bridgehead atoms. The summed E-state index contributed by atoms with van der Waals surface area (Å²) in [5.74, 6) is -1.17. The lowest BCUT2D eigenvalue weighted by molar-refractivity contribution is -0.137. The number of ether oxygens (including phenoxy) is 3. The van der Waals surface area contributed by atoms with E-state index in [9.17, 15) is 22.8 Å². The summed E-state index contributed by atoms with van der Waals surface area (Å²) in [6.45, 7) is 2.58. The highest BCUT2D eigenvalue weighted by Crippen LogP contribution is 2.31. The third kappa shape index (κ3) is 6.05. The quantitative estimate of drug-likeness (QED) is 0.404. The Morgan fingerprint density at radius 3 is 2.67 bits per heavy atom. The Morgan fingerprint density at radius 2 is 2.00 bits per heavy atom. The van der Waals surface area contributed by atoms with Gasteiger partial charge in [-0.25, -0.2) is 13.2 Å². The standard InChI is InChI=1S/C20H25N3O8S2/c1-3-31-20(26)11-19-23(18(25)13-32-19)12-17(24)21-15-10-14(4-5-16(15)29-2)33(27,28)22-6-8-30-9-7-22/h4-5,10-11H,3,6-9,12-13H2,1-2H3,(H,21,24)/b19-11-. The first kappa shape index (κ1) is 25.0.